The van der Waals surface area contributed by atoms with Crippen molar-refractivity contribution in [3.63, 3.8) is 0 Å². The normalized spacial score (nSPS) is 18.5. The van der Waals surface area contributed by atoms with Crippen LogP contribution in [-0.2, 0) is 10.2 Å². The molecule has 0 bridgehead atoms. The van der Waals surface area contributed by atoms with Gasteiger partial charge in [0.25, 0.3) is 0 Å². The molecule has 0 aliphatic carbocycles. The summed E-state index contributed by atoms with van der Waals surface area (Å²) in [5.41, 5.74) is 1.29. The van der Waals surface area contributed by atoms with E-state index in [2.05, 4.69) is 0 Å². The zero-order chi connectivity index (χ0) is 10.3. The van der Waals surface area contributed by atoms with Crippen LogP contribution in [0, 0.1) is 0 Å². The highest BCUT2D eigenvalue weighted by atomic mass is 16.3. The molecule has 3 heteroatoms. The van der Waals surface area contributed by atoms with E-state index in [9.17, 15) is 4.79 Å². The number of anilines is 1. The zero-order valence-corrected chi connectivity index (χ0v) is 8.32. The summed E-state index contributed by atoms with van der Waals surface area (Å²) in [5, 5.41) is 9.12. The smallest absolute Gasteiger partial charge is 0.239 e. The fourth-order valence-corrected chi connectivity index (χ4v) is 1.94. The van der Waals surface area contributed by atoms with Crippen LogP contribution < -0.4 is 4.90 Å². The van der Waals surface area contributed by atoms with Crippen molar-refractivity contribution < 1.29 is 9.90 Å². The van der Waals surface area contributed by atoms with Gasteiger partial charge < -0.3 is 5.11 Å². The fraction of sp³-hybridized carbons (Fsp3) is 0.364. The van der Waals surface area contributed by atoms with Gasteiger partial charge in [0.15, 0.2) is 0 Å². The molecular weight excluding hydrogens is 178 g/mol. The van der Waals surface area contributed by atoms with E-state index in [-0.39, 0.29) is 12.6 Å². The first-order valence-electron chi connectivity index (χ1n) is 4.61. The molecule has 1 aromatic carbocycles. The number of nitrogens with zero attached hydrogens (tertiary/aromatic N) is 1. The van der Waals surface area contributed by atoms with Crippen molar-refractivity contribution in [1.82, 2.24) is 0 Å². The summed E-state index contributed by atoms with van der Waals surface area (Å²) in [5.74, 6) is -0.0406. The van der Waals surface area contributed by atoms with Crippen molar-refractivity contribution in [3.8, 4) is 0 Å². The lowest BCUT2D eigenvalue weighted by Gasteiger charge is -2.17. The summed E-state index contributed by atoms with van der Waals surface area (Å²) in [7, 11) is 0. The highest BCUT2D eigenvalue weighted by Gasteiger charge is 2.43. The molecule has 3 nitrogen and oxygen atoms in total. The van der Waals surface area contributed by atoms with Gasteiger partial charge in [-0.3, -0.25) is 9.69 Å². The third-order valence-electron chi connectivity index (χ3n) is 2.79. The molecule has 0 saturated carbocycles. The van der Waals surface area contributed by atoms with Gasteiger partial charge in [-0.25, -0.2) is 0 Å². The Hall–Kier alpha value is -1.35. The number of hydrogen-bond donors (Lipinski definition) is 1. The van der Waals surface area contributed by atoms with Crippen LogP contribution in [0.3, 0.4) is 0 Å². The number of benzene rings is 1. The average Bonchev–Trinajstić information content (AvgIpc) is 2.37. The number of hydrogen-bond acceptors (Lipinski definition) is 2. The van der Waals surface area contributed by atoms with E-state index in [1.807, 2.05) is 38.1 Å². The van der Waals surface area contributed by atoms with Crippen LogP contribution in [0.1, 0.15) is 19.4 Å². The van der Waals surface area contributed by atoms with Gasteiger partial charge in [0.2, 0.25) is 5.91 Å². The third kappa shape index (κ3) is 0.990. The Morgan fingerprint density at radius 3 is 2.64 bits per heavy atom. The topological polar surface area (TPSA) is 40.5 Å². The van der Waals surface area contributed by atoms with Gasteiger partial charge in [-0.2, -0.15) is 0 Å². The molecule has 0 fully saturated rings. The standard InChI is InChI=1S/C11H13NO2/c1-11(2)8-5-3-4-6-9(8)12(7-13)10(11)14/h3-6,13H,7H2,1-2H3. The Bertz CT molecular complexity index is 385. The minimum atomic E-state index is -0.515. The molecule has 1 aliphatic heterocycles. The van der Waals surface area contributed by atoms with E-state index in [0.29, 0.717) is 0 Å². The lowest BCUT2D eigenvalue weighted by atomic mass is 9.86. The predicted octanol–water partition coefficient (Wildman–Crippen LogP) is 1.26. The largest absolute Gasteiger partial charge is 0.376 e. The van der Waals surface area contributed by atoms with Crippen molar-refractivity contribution in [2.24, 2.45) is 0 Å². The van der Waals surface area contributed by atoms with Crippen molar-refractivity contribution in [2.45, 2.75) is 19.3 Å². The number of para-hydroxylation sites is 1. The van der Waals surface area contributed by atoms with Crippen molar-refractivity contribution in [2.75, 3.05) is 11.6 Å². The third-order valence-corrected chi connectivity index (χ3v) is 2.79. The molecule has 1 amide bonds. The van der Waals surface area contributed by atoms with Crippen LogP contribution in [-0.4, -0.2) is 17.7 Å². The number of carbonyl (C=O) groups excluding carboxylic acids is 1. The molecule has 2 rings (SSSR count). The van der Waals surface area contributed by atoms with Gasteiger partial charge in [0.1, 0.15) is 6.73 Å². The van der Waals surface area contributed by atoms with Crippen molar-refractivity contribution in [3.05, 3.63) is 29.8 Å². The summed E-state index contributed by atoms with van der Waals surface area (Å²) in [4.78, 5) is 13.3. The summed E-state index contributed by atoms with van der Waals surface area (Å²) < 4.78 is 0. The second-order valence-corrected chi connectivity index (χ2v) is 4.02. The number of amides is 1. The summed E-state index contributed by atoms with van der Waals surface area (Å²) in [6, 6.07) is 7.58. The maximum atomic E-state index is 11.9. The Labute approximate surface area is 83.0 Å². The maximum Gasteiger partial charge on any atom is 0.239 e. The zero-order valence-electron chi connectivity index (χ0n) is 8.32. The fourth-order valence-electron chi connectivity index (χ4n) is 1.94. The van der Waals surface area contributed by atoms with Crippen LogP contribution in [0.5, 0.6) is 0 Å². The SMILES string of the molecule is CC1(C)C(=O)N(CO)c2ccccc21. The van der Waals surface area contributed by atoms with E-state index in [1.165, 1.54) is 4.90 Å². The van der Waals surface area contributed by atoms with Gasteiger partial charge in [-0.1, -0.05) is 18.2 Å². The minimum Gasteiger partial charge on any atom is -0.376 e. The van der Waals surface area contributed by atoms with Crippen LogP contribution >= 0.6 is 0 Å². The molecule has 1 aliphatic rings. The first-order valence-corrected chi connectivity index (χ1v) is 4.61. The summed E-state index contributed by atoms with van der Waals surface area (Å²) in [6.07, 6.45) is 0. The van der Waals surface area contributed by atoms with Crippen LogP contribution in [0.25, 0.3) is 0 Å². The number of carbonyl (C=O) groups is 1. The molecule has 74 valence electrons. The molecule has 1 heterocycles. The Morgan fingerprint density at radius 1 is 1.36 bits per heavy atom. The van der Waals surface area contributed by atoms with E-state index >= 15 is 0 Å². The number of aliphatic hydroxyl groups excluding tert-OH is 1. The predicted molar refractivity (Wildman–Crippen MR) is 54.0 cm³/mol. The van der Waals surface area contributed by atoms with Gasteiger partial charge in [-0.05, 0) is 25.5 Å². The average molecular weight is 191 g/mol. The first kappa shape index (κ1) is 9.21. The Morgan fingerprint density at radius 2 is 2.00 bits per heavy atom. The van der Waals surface area contributed by atoms with E-state index in [0.717, 1.165) is 11.3 Å². The molecule has 0 atom stereocenters. The molecule has 0 unspecified atom stereocenters. The minimum absolute atomic E-state index is 0.0406. The number of fused-ring (bicyclic) bond motifs is 1. The molecule has 0 aromatic heterocycles. The quantitative estimate of drug-likeness (QED) is 0.726. The molecule has 0 spiro atoms. The second kappa shape index (κ2) is 2.82. The highest BCUT2D eigenvalue weighted by molar-refractivity contribution is 6.07. The van der Waals surface area contributed by atoms with E-state index in [4.69, 9.17) is 5.11 Å². The highest BCUT2D eigenvalue weighted by Crippen LogP contribution is 2.40. The Balaban J connectivity index is 2.62. The van der Waals surface area contributed by atoms with Crippen LogP contribution in [0.2, 0.25) is 0 Å². The lowest BCUT2D eigenvalue weighted by Crippen LogP contribution is -2.36. The molecule has 0 saturated heterocycles. The number of aliphatic hydroxyl groups is 1. The molecule has 1 aromatic rings. The van der Waals surface area contributed by atoms with Gasteiger partial charge >= 0.3 is 0 Å². The monoisotopic (exact) mass is 191 g/mol. The maximum absolute atomic E-state index is 11.9. The van der Waals surface area contributed by atoms with E-state index in [1.54, 1.807) is 0 Å². The van der Waals surface area contributed by atoms with Gasteiger partial charge in [0, 0.05) is 0 Å². The Kier molecular flexibility index (Phi) is 1.86. The summed E-state index contributed by atoms with van der Waals surface area (Å²) in [6.45, 7) is 3.51. The van der Waals surface area contributed by atoms with Gasteiger partial charge in [-0.15, -0.1) is 0 Å². The molecular formula is C11H13NO2. The van der Waals surface area contributed by atoms with Crippen LogP contribution in [0.15, 0.2) is 24.3 Å². The number of rotatable bonds is 1. The van der Waals surface area contributed by atoms with Gasteiger partial charge in [0.05, 0.1) is 11.1 Å². The van der Waals surface area contributed by atoms with E-state index < -0.39 is 5.41 Å². The molecule has 1 N–H and O–H groups in total. The second-order valence-electron chi connectivity index (χ2n) is 4.02. The molecule has 0 radical (unpaired) electrons. The molecule has 14 heavy (non-hydrogen) atoms. The van der Waals surface area contributed by atoms with Crippen molar-refractivity contribution >= 4 is 11.6 Å². The summed E-state index contributed by atoms with van der Waals surface area (Å²) >= 11 is 0. The van der Waals surface area contributed by atoms with Crippen LogP contribution in [0.4, 0.5) is 5.69 Å². The lowest BCUT2D eigenvalue weighted by molar-refractivity contribution is -0.122. The van der Waals surface area contributed by atoms with Crippen molar-refractivity contribution in [1.29, 1.82) is 0 Å². The first-order chi connectivity index (χ1) is 6.59.